The predicted molar refractivity (Wildman–Crippen MR) is 134 cm³/mol. The summed E-state index contributed by atoms with van der Waals surface area (Å²) in [6.07, 6.45) is 0.413. The molecule has 1 aromatic heterocycles. The number of thioether (sulfide) groups is 2. The predicted octanol–water partition coefficient (Wildman–Crippen LogP) is 3.28. The van der Waals surface area contributed by atoms with Crippen LogP contribution < -0.4 is 5.56 Å². The molecule has 0 saturated carbocycles. The van der Waals surface area contributed by atoms with Gasteiger partial charge in [-0.25, -0.2) is 9.78 Å². The van der Waals surface area contributed by atoms with Gasteiger partial charge in [0.05, 0.1) is 28.6 Å². The van der Waals surface area contributed by atoms with Crippen LogP contribution in [0.1, 0.15) is 30.7 Å². The van der Waals surface area contributed by atoms with Crippen molar-refractivity contribution in [1.82, 2.24) is 19.4 Å². The standard InChI is InChI=1S/C24H30N4O4S2/c1-5-32-24(31)27-8-6-26(7-9-27)20(29)14-33-23-25-19-13-17(4)34-21(19)22(30)28(23)18-11-15(2)10-16(3)12-18/h10-12,17H,5-9,13-14H2,1-4H3/t17-/m1/s1. The molecule has 0 aliphatic carbocycles. The largest absolute Gasteiger partial charge is 0.450 e. The normalized spacial score (nSPS) is 17.6. The number of aromatic nitrogens is 2. The summed E-state index contributed by atoms with van der Waals surface area (Å²) in [7, 11) is 0. The van der Waals surface area contributed by atoms with Crippen molar-refractivity contribution in [2.24, 2.45) is 0 Å². The molecule has 10 heteroatoms. The Labute approximate surface area is 208 Å². The number of piperazine rings is 1. The Kier molecular flexibility index (Phi) is 7.57. The lowest BCUT2D eigenvalue weighted by atomic mass is 10.1. The number of ether oxygens (including phenoxy) is 1. The highest BCUT2D eigenvalue weighted by atomic mass is 32.2. The van der Waals surface area contributed by atoms with Gasteiger partial charge in [0.1, 0.15) is 0 Å². The second-order valence-corrected chi connectivity index (χ2v) is 11.0. The Balaban J connectivity index is 1.54. The van der Waals surface area contributed by atoms with E-state index in [4.69, 9.17) is 9.72 Å². The van der Waals surface area contributed by atoms with E-state index in [1.54, 1.807) is 33.1 Å². The molecule has 1 aromatic carbocycles. The number of amides is 2. The van der Waals surface area contributed by atoms with E-state index in [2.05, 4.69) is 13.0 Å². The third-order valence-electron chi connectivity index (χ3n) is 5.83. The number of rotatable bonds is 5. The summed E-state index contributed by atoms with van der Waals surface area (Å²) in [5.74, 6) is 0.149. The number of aryl methyl sites for hydroxylation is 2. The molecule has 2 aromatic rings. The Morgan fingerprint density at radius 1 is 1.12 bits per heavy atom. The first-order valence-electron chi connectivity index (χ1n) is 11.5. The maximum atomic E-state index is 13.5. The average molecular weight is 503 g/mol. The van der Waals surface area contributed by atoms with Crippen LogP contribution in [-0.4, -0.2) is 75.1 Å². The topological polar surface area (TPSA) is 84.7 Å². The lowest BCUT2D eigenvalue weighted by molar-refractivity contribution is -0.129. The summed E-state index contributed by atoms with van der Waals surface area (Å²) in [5, 5.41) is 0.849. The number of fused-ring (bicyclic) bond motifs is 1. The molecule has 8 nitrogen and oxygen atoms in total. The van der Waals surface area contributed by atoms with E-state index in [9.17, 15) is 14.4 Å². The van der Waals surface area contributed by atoms with Crippen molar-refractivity contribution < 1.29 is 14.3 Å². The second-order valence-electron chi connectivity index (χ2n) is 8.64. The van der Waals surface area contributed by atoms with Crippen molar-refractivity contribution in [2.75, 3.05) is 38.5 Å². The Morgan fingerprint density at radius 3 is 2.41 bits per heavy atom. The van der Waals surface area contributed by atoms with Crippen LogP contribution in [0.25, 0.3) is 5.69 Å². The van der Waals surface area contributed by atoms with Crippen molar-refractivity contribution >= 4 is 35.5 Å². The fourth-order valence-corrected chi connectivity index (χ4v) is 6.30. The van der Waals surface area contributed by atoms with E-state index in [0.29, 0.717) is 48.1 Å². The van der Waals surface area contributed by atoms with E-state index in [1.807, 2.05) is 26.0 Å². The highest BCUT2D eigenvalue weighted by Gasteiger charge is 2.28. The van der Waals surface area contributed by atoms with Gasteiger partial charge in [-0.15, -0.1) is 11.8 Å². The minimum atomic E-state index is -0.337. The number of hydrogen-bond donors (Lipinski definition) is 0. The SMILES string of the molecule is CCOC(=O)N1CCN(C(=O)CSc2nc3c(c(=O)n2-c2cc(C)cc(C)c2)S[C@H](C)C3)CC1. The highest BCUT2D eigenvalue weighted by molar-refractivity contribution is 8.00. The molecule has 1 atom stereocenters. The van der Waals surface area contributed by atoms with Gasteiger partial charge in [0.15, 0.2) is 5.16 Å². The Morgan fingerprint density at radius 2 is 1.76 bits per heavy atom. The van der Waals surface area contributed by atoms with Crippen molar-refractivity contribution in [1.29, 1.82) is 0 Å². The summed E-state index contributed by atoms with van der Waals surface area (Å²) in [5.41, 5.74) is 3.66. The van der Waals surface area contributed by atoms with Crippen LogP contribution in [0.5, 0.6) is 0 Å². The van der Waals surface area contributed by atoms with Crippen molar-refractivity contribution in [3.8, 4) is 5.69 Å². The molecule has 2 aliphatic rings. The van der Waals surface area contributed by atoms with Crippen LogP contribution in [0.4, 0.5) is 4.79 Å². The molecule has 1 fully saturated rings. The summed E-state index contributed by atoms with van der Waals surface area (Å²) in [6, 6.07) is 6.02. The van der Waals surface area contributed by atoms with E-state index < -0.39 is 0 Å². The first-order valence-corrected chi connectivity index (χ1v) is 13.4. The summed E-state index contributed by atoms with van der Waals surface area (Å²) < 4.78 is 6.70. The smallest absolute Gasteiger partial charge is 0.409 e. The van der Waals surface area contributed by atoms with Crippen molar-refractivity contribution in [3.05, 3.63) is 45.4 Å². The van der Waals surface area contributed by atoms with Crippen LogP contribution >= 0.6 is 23.5 Å². The van der Waals surface area contributed by atoms with Gasteiger partial charge in [0.2, 0.25) is 5.91 Å². The second kappa shape index (κ2) is 10.4. The zero-order chi connectivity index (χ0) is 24.4. The van der Waals surface area contributed by atoms with Crippen LogP contribution in [0.15, 0.2) is 33.0 Å². The molecule has 0 unspecified atom stereocenters. The molecule has 3 heterocycles. The average Bonchev–Trinajstić information content (AvgIpc) is 3.17. The minimum absolute atomic E-state index is 0.0297. The van der Waals surface area contributed by atoms with Gasteiger partial charge in [-0.2, -0.15) is 0 Å². The molecule has 1 saturated heterocycles. The van der Waals surface area contributed by atoms with Gasteiger partial charge in [-0.1, -0.05) is 24.8 Å². The molecule has 0 radical (unpaired) electrons. The number of carbonyl (C=O) groups is 2. The zero-order valence-electron chi connectivity index (χ0n) is 20.0. The van der Waals surface area contributed by atoms with E-state index in [-0.39, 0.29) is 23.3 Å². The molecular weight excluding hydrogens is 472 g/mol. The summed E-state index contributed by atoms with van der Waals surface area (Å²) >= 11 is 2.87. The van der Waals surface area contributed by atoms with Gasteiger partial charge in [-0.05, 0) is 44.0 Å². The van der Waals surface area contributed by atoms with E-state index >= 15 is 0 Å². The van der Waals surface area contributed by atoms with Crippen LogP contribution in [0, 0.1) is 13.8 Å². The molecule has 182 valence electrons. The quantitative estimate of drug-likeness (QED) is 0.458. The van der Waals surface area contributed by atoms with Gasteiger partial charge in [0, 0.05) is 37.8 Å². The first-order chi connectivity index (χ1) is 16.3. The van der Waals surface area contributed by atoms with E-state index in [0.717, 1.165) is 28.9 Å². The van der Waals surface area contributed by atoms with Crippen LogP contribution in [-0.2, 0) is 16.0 Å². The van der Waals surface area contributed by atoms with E-state index in [1.165, 1.54) is 11.8 Å². The van der Waals surface area contributed by atoms with Crippen molar-refractivity contribution in [2.45, 2.75) is 49.4 Å². The molecule has 34 heavy (non-hydrogen) atoms. The third kappa shape index (κ3) is 5.27. The lowest BCUT2D eigenvalue weighted by Gasteiger charge is -2.34. The van der Waals surface area contributed by atoms with Gasteiger partial charge in [0.25, 0.3) is 5.56 Å². The monoisotopic (exact) mass is 502 g/mol. The van der Waals surface area contributed by atoms with Crippen LogP contribution in [0.3, 0.4) is 0 Å². The molecular formula is C24H30N4O4S2. The molecule has 4 rings (SSSR count). The molecule has 0 N–H and O–H groups in total. The molecule has 0 spiro atoms. The number of nitrogens with zero attached hydrogens (tertiary/aromatic N) is 4. The lowest BCUT2D eigenvalue weighted by Crippen LogP contribution is -2.51. The Bertz CT molecular complexity index is 1140. The third-order valence-corrected chi connectivity index (χ3v) is 7.97. The zero-order valence-corrected chi connectivity index (χ0v) is 21.6. The van der Waals surface area contributed by atoms with Gasteiger partial charge in [-0.3, -0.25) is 14.2 Å². The number of benzene rings is 1. The maximum absolute atomic E-state index is 13.5. The maximum Gasteiger partial charge on any atom is 0.409 e. The molecule has 2 aliphatic heterocycles. The number of carbonyl (C=O) groups excluding carboxylic acids is 2. The molecule has 2 amide bonds. The fraction of sp³-hybridized carbons (Fsp3) is 0.500. The van der Waals surface area contributed by atoms with Gasteiger partial charge < -0.3 is 14.5 Å². The van der Waals surface area contributed by atoms with Gasteiger partial charge >= 0.3 is 6.09 Å². The van der Waals surface area contributed by atoms with Crippen LogP contribution in [0.2, 0.25) is 0 Å². The fourth-order valence-electron chi connectivity index (χ4n) is 4.27. The summed E-state index contributed by atoms with van der Waals surface area (Å²) in [4.78, 5) is 47.3. The summed E-state index contributed by atoms with van der Waals surface area (Å²) in [6.45, 7) is 10.1. The minimum Gasteiger partial charge on any atom is -0.450 e. The molecule has 0 bridgehead atoms. The first kappa shape index (κ1) is 24.7. The van der Waals surface area contributed by atoms with Crippen molar-refractivity contribution in [3.63, 3.8) is 0 Å². The Hall–Kier alpha value is -2.46. The number of hydrogen-bond acceptors (Lipinski definition) is 7. The highest BCUT2D eigenvalue weighted by Crippen LogP contribution is 2.35.